The molecule has 2 unspecified atom stereocenters. The number of nitrogens with zero attached hydrogens (tertiary/aromatic N) is 6. The van der Waals surface area contributed by atoms with Crippen LogP contribution in [0.2, 0.25) is 0 Å². The molecule has 0 saturated carbocycles. The molecule has 1 aliphatic rings. The molecule has 0 bridgehead atoms. The van der Waals surface area contributed by atoms with Gasteiger partial charge in [0.15, 0.2) is 0 Å². The molecule has 0 spiro atoms. The summed E-state index contributed by atoms with van der Waals surface area (Å²) in [6, 6.07) is 3.70. The Morgan fingerprint density at radius 1 is 1.29 bits per heavy atom. The molecule has 4 rings (SSSR count). The second-order valence-electron chi connectivity index (χ2n) is 8.45. The number of rotatable bonds is 8. The number of imidazole rings is 1. The maximum Gasteiger partial charge on any atom is 0.302 e. The summed E-state index contributed by atoms with van der Waals surface area (Å²) in [6.07, 6.45) is 7.94. The standard InChI is InChI=1S/C24H28BrN7O3/c1-4-18(16(13-35-15(2)33)11-17-12-26-14-31(17)3)23(34)32-10-9-29-24(32)30-19-5-6-20-22(21(19)25)28-8-7-27-20/h5-8,12,14,16,18H,4,9-11,13H2,1-3H3,(H,29,30). The Morgan fingerprint density at radius 2 is 2.09 bits per heavy atom. The number of amides is 1. The van der Waals surface area contributed by atoms with Crippen LogP contribution in [0, 0.1) is 11.8 Å². The number of aliphatic imine (C=N–C) groups is 1. The van der Waals surface area contributed by atoms with Gasteiger partial charge in [-0.15, -0.1) is 0 Å². The van der Waals surface area contributed by atoms with Gasteiger partial charge in [0.2, 0.25) is 11.9 Å². The first kappa shape index (κ1) is 24.8. The zero-order chi connectivity index (χ0) is 24.9. The minimum atomic E-state index is -0.364. The maximum absolute atomic E-state index is 13.8. The third-order valence-corrected chi connectivity index (χ3v) is 6.92. The van der Waals surface area contributed by atoms with E-state index in [2.05, 4.69) is 36.2 Å². The summed E-state index contributed by atoms with van der Waals surface area (Å²) < 4.78 is 8.00. The number of carbonyl (C=O) groups excluding carboxylic acids is 2. The highest BCUT2D eigenvalue weighted by atomic mass is 79.9. The molecule has 1 aromatic carbocycles. The van der Waals surface area contributed by atoms with Gasteiger partial charge in [-0.2, -0.15) is 0 Å². The number of esters is 1. The van der Waals surface area contributed by atoms with Gasteiger partial charge in [-0.1, -0.05) is 6.92 Å². The van der Waals surface area contributed by atoms with Crippen LogP contribution in [0.5, 0.6) is 0 Å². The van der Waals surface area contributed by atoms with Gasteiger partial charge in [-0.25, -0.2) is 9.98 Å². The molecule has 1 aliphatic heterocycles. The van der Waals surface area contributed by atoms with Crippen molar-refractivity contribution < 1.29 is 14.3 Å². The van der Waals surface area contributed by atoms with Crippen molar-refractivity contribution in [3.63, 3.8) is 0 Å². The van der Waals surface area contributed by atoms with Gasteiger partial charge in [0.1, 0.15) is 5.52 Å². The van der Waals surface area contributed by atoms with E-state index in [0.717, 1.165) is 11.2 Å². The lowest BCUT2D eigenvalue weighted by atomic mass is 9.85. The summed E-state index contributed by atoms with van der Waals surface area (Å²) in [5, 5.41) is 3.23. The first-order chi connectivity index (χ1) is 16.9. The van der Waals surface area contributed by atoms with Crippen LogP contribution in [-0.4, -0.2) is 62.0 Å². The number of aromatic nitrogens is 4. The highest BCUT2D eigenvalue weighted by Crippen LogP contribution is 2.32. The van der Waals surface area contributed by atoms with E-state index in [1.165, 1.54) is 6.92 Å². The van der Waals surface area contributed by atoms with E-state index in [1.54, 1.807) is 29.8 Å². The third-order valence-electron chi connectivity index (χ3n) is 6.14. The van der Waals surface area contributed by atoms with Crippen molar-refractivity contribution in [2.45, 2.75) is 26.7 Å². The molecule has 1 saturated heterocycles. The van der Waals surface area contributed by atoms with Crippen LogP contribution in [0.1, 0.15) is 26.0 Å². The topological polar surface area (TPSA) is 115 Å². The molecule has 10 nitrogen and oxygen atoms in total. The van der Waals surface area contributed by atoms with E-state index >= 15 is 0 Å². The van der Waals surface area contributed by atoms with Gasteiger partial charge in [0, 0.05) is 63.2 Å². The van der Waals surface area contributed by atoms with Crippen LogP contribution < -0.4 is 5.32 Å². The van der Waals surface area contributed by atoms with E-state index in [4.69, 9.17) is 9.73 Å². The van der Waals surface area contributed by atoms with Gasteiger partial charge < -0.3 is 14.6 Å². The van der Waals surface area contributed by atoms with Crippen molar-refractivity contribution in [3.05, 3.63) is 47.2 Å². The molecule has 184 valence electrons. The average Bonchev–Trinajstić information content (AvgIpc) is 3.48. The predicted molar refractivity (Wildman–Crippen MR) is 135 cm³/mol. The minimum Gasteiger partial charge on any atom is -0.466 e. The lowest BCUT2D eigenvalue weighted by molar-refractivity contribution is -0.145. The monoisotopic (exact) mass is 541 g/mol. The second-order valence-corrected chi connectivity index (χ2v) is 9.25. The molecular weight excluding hydrogens is 514 g/mol. The molecule has 1 amide bonds. The largest absolute Gasteiger partial charge is 0.466 e. The number of hydrogen-bond donors (Lipinski definition) is 1. The molecular formula is C24H28BrN7O3. The van der Waals surface area contributed by atoms with Crippen molar-refractivity contribution in [1.82, 2.24) is 29.7 Å². The fraction of sp³-hybridized carbons (Fsp3) is 0.417. The Morgan fingerprint density at radius 3 is 2.80 bits per heavy atom. The van der Waals surface area contributed by atoms with E-state index < -0.39 is 0 Å². The van der Waals surface area contributed by atoms with Crippen molar-refractivity contribution in [3.8, 4) is 0 Å². The molecule has 3 aromatic rings. The van der Waals surface area contributed by atoms with Crippen molar-refractivity contribution in [2.75, 3.05) is 19.7 Å². The summed E-state index contributed by atoms with van der Waals surface area (Å²) in [5.74, 6) is -0.482. The Labute approximate surface area is 211 Å². The van der Waals surface area contributed by atoms with E-state index in [9.17, 15) is 9.59 Å². The summed E-state index contributed by atoms with van der Waals surface area (Å²) in [4.78, 5) is 44.7. The molecule has 1 N–H and O–H groups in total. The highest BCUT2D eigenvalue weighted by molar-refractivity contribution is 9.10. The zero-order valence-corrected chi connectivity index (χ0v) is 21.5. The Hall–Kier alpha value is -3.34. The first-order valence-corrected chi connectivity index (χ1v) is 12.3. The van der Waals surface area contributed by atoms with E-state index in [1.807, 2.05) is 30.7 Å². The maximum atomic E-state index is 13.8. The molecule has 11 heteroatoms. The number of halogens is 1. The normalized spacial score (nSPS) is 16.3. The number of hydrogen-bond acceptors (Lipinski definition) is 7. The molecule has 0 aliphatic carbocycles. The SMILES string of the molecule is CCC(C(=O)N1CCN/C1=N/c1ccc2nccnc2c1Br)C(COC(C)=O)Cc1cncn1C. The number of aryl methyl sites for hydroxylation is 1. The number of fused-ring (bicyclic) bond motifs is 1. The number of guanidine groups is 1. The summed E-state index contributed by atoms with van der Waals surface area (Å²) >= 11 is 3.59. The van der Waals surface area contributed by atoms with Crippen LogP contribution >= 0.6 is 15.9 Å². The number of ether oxygens (including phenoxy) is 1. The lowest BCUT2D eigenvalue weighted by Gasteiger charge is -2.28. The molecule has 3 heterocycles. The van der Waals surface area contributed by atoms with Crippen LogP contribution in [-0.2, 0) is 27.8 Å². The molecule has 2 atom stereocenters. The quantitative estimate of drug-likeness (QED) is 0.436. The number of benzene rings is 1. The molecule has 2 aromatic heterocycles. The zero-order valence-electron chi connectivity index (χ0n) is 19.9. The Balaban J connectivity index is 1.61. The fourth-order valence-corrected chi connectivity index (χ4v) is 4.82. The van der Waals surface area contributed by atoms with Crippen LogP contribution in [0.15, 0.2) is 46.5 Å². The molecule has 0 radical (unpaired) electrons. The summed E-state index contributed by atoms with van der Waals surface area (Å²) in [5.41, 5.74) is 3.09. The van der Waals surface area contributed by atoms with Gasteiger partial charge in [-0.3, -0.25) is 24.5 Å². The van der Waals surface area contributed by atoms with Crippen molar-refractivity contribution in [2.24, 2.45) is 23.9 Å². The van der Waals surface area contributed by atoms with Crippen molar-refractivity contribution >= 4 is 50.5 Å². The average molecular weight is 542 g/mol. The van der Waals surface area contributed by atoms with Crippen LogP contribution in [0.3, 0.4) is 0 Å². The molecule has 35 heavy (non-hydrogen) atoms. The Kier molecular flexibility index (Phi) is 7.74. The first-order valence-electron chi connectivity index (χ1n) is 11.5. The summed E-state index contributed by atoms with van der Waals surface area (Å²) in [6.45, 7) is 4.62. The van der Waals surface area contributed by atoms with Gasteiger partial charge in [-0.05, 0) is 40.9 Å². The number of nitrogens with one attached hydrogen (secondary N) is 1. The summed E-state index contributed by atoms with van der Waals surface area (Å²) in [7, 11) is 1.91. The minimum absolute atomic E-state index is 0.0488. The number of carbonyl (C=O) groups is 2. The fourth-order valence-electron chi connectivity index (χ4n) is 4.29. The lowest BCUT2D eigenvalue weighted by Crippen LogP contribution is -2.43. The van der Waals surface area contributed by atoms with Crippen LogP contribution in [0.4, 0.5) is 5.69 Å². The van der Waals surface area contributed by atoms with Gasteiger partial charge in [0.25, 0.3) is 0 Å². The highest BCUT2D eigenvalue weighted by Gasteiger charge is 2.35. The molecule has 1 fully saturated rings. The van der Waals surface area contributed by atoms with Crippen LogP contribution in [0.25, 0.3) is 11.0 Å². The third kappa shape index (κ3) is 5.50. The predicted octanol–water partition coefficient (Wildman–Crippen LogP) is 2.99. The van der Waals surface area contributed by atoms with Crippen molar-refractivity contribution in [1.29, 1.82) is 0 Å². The smallest absolute Gasteiger partial charge is 0.302 e. The van der Waals surface area contributed by atoms with Gasteiger partial charge >= 0.3 is 5.97 Å². The second kappa shape index (κ2) is 10.9. The van der Waals surface area contributed by atoms with E-state index in [0.29, 0.717) is 47.6 Å². The van der Waals surface area contributed by atoms with Gasteiger partial charge in [0.05, 0.1) is 28.6 Å². The Bertz CT molecular complexity index is 1260. The van der Waals surface area contributed by atoms with E-state index in [-0.39, 0.29) is 30.3 Å².